The second kappa shape index (κ2) is 5.75. The molecule has 1 heterocycles. The van der Waals surface area contributed by atoms with Gasteiger partial charge in [-0.2, -0.15) is 4.98 Å². The topological polar surface area (TPSA) is 64.3 Å². The lowest BCUT2D eigenvalue weighted by atomic mass is 10.2. The van der Waals surface area contributed by atoms with Gasteiger partial charge in [-0.3, -0.25) is 0 Å². The Morgan fingerprint density at radius 1 is 1.32 bits per heavy atom. The first-order valence-electron chi connectivity index (χ1n) is 5.72. The highest BCUT2D eigenvalue weighted by Crippen LogP contribution is 2.19. The number of nitrogen functional groups attached to an aromatic ring is 1. The molecule has 0 amide bonds. The molecule has 6 heteroatoms. The van der Waals surface area contributed by atoms with E-state index in [9.17, 15) is 0 Å². The average molecular weight is 279 g/mol. The molecule has 2 aromatic rings. The van der Waals surface area contributed by atoms with Gasteiger partial charge < -0.3 is 15.4 Å². The summed E-state index contributed by atoms with van der Waals surface area (Å²) in [5, 5.41) is 0.333. The van der Waals surface area contributed by atoms with E-state index in [1.54, 1.807) is 13.2 Å². The summed E-state index contributed by atoms with van der Waals surface area (Å²) < 4.78 is 5.20. The molecule has 0 radical (unpaired) electrons. The summed E-state index contributed by atoms with van der Waals surface area (Å²) in [6, 6.07) is 9.53. The van der Waals surface area contributed by atoms with E-state index < -0.39 is 0 Å². The molecule has 0 aliphatic carbocycles. The Labute approximate surface area is 117 Å². The first-order chi connectivity index (χ1) is 9.08. The van der Waals surface area contributed by atoms with Gasteiger partial charge in [-0.1, -0.05) is 23.7 Å². The maximum Gasteiger partial charge on any atom is 0.223 e. The van der Waals surface area contributed by atoms with E-state index in [4.69, 9.17) is 22.1 Å². The minimum absolute atomic E-state index is 0.167. The fraction of sp³-hybridized carbons (Fsp3) is 0.231. The van der Waals surface area contributed by atoms with Crippen molar-refractivity contribution in [2.75, 3.05) is 24.8 Å². The molecule has 1 aromatic carbocycles. The molecule has 100 valence electrons. The van der Waals surface area contributed by atoms with Crippen LogP contribution < -0.4 is 15.4 Å². The summed E-state index contributed by atoms with van der Waals surface area (Å²) >= 11 is 5.87. The Morgan fingerprint density at radius 3 is 2.79 bits per heavy atom. The molecular weight excluding hydrogens is 264 g/mol. The van der Waals surface area contributed by atoms with E-state index in [1.807, 2.05) is 36.2 Å². The number of hydrogen-bond acceptors (Lipinski definition) is 5. The Hall–Kier alpha value is -2.01. The van der Waals surface area contributed by atoms with Crippen LogP contribution in [0.5, 0.6) is 5.75 Å². The largest absolute Gasteiger partial charge is 0.497 e. The van der Waals surface area contributed by atoms with Crippen molar-refractivity contribution in [1.82, 2.24) is 9.97 Å². The number of nitrogens with zero attached hydrogens (tertiary/aromatic N) is 3. The fourth-order valence-corrected chi connectivity index (χ4v) is 1.93. The van der Waals surface area contributed by atoms with Gasteiger partial charge >= 0.3 is 0 Å². The van der Waals surface area contributed by atoms with Gasteiger partial charge in [0.15, 0.2) is 0 Å². The van der Waals surface area contributed by atoms with Crippen LogP contribution in [0.25, 0.3) is 0 Å². The second-order valence-electron chi connectivity index (χ2n) is 4.11. The summed E-state index contributed by atoms with van der Waals surface area (Å²) in [5.41, 5.74) is 6.69. The zero-order chi connectivity index (χ0) is 13.8. The number of nitrogens with two attached hydrogens (primary N) is 1. The van der Waals surface area contributed by atoms with Crippen LogP contribution in [0.2, 0.25) is 5.15 Å². The minimum Gasteiger partial charge on any atom is -0.497 e. The fourth-order valence-electron chi connectivity index (χ4n) is 1.74. The highest BCUT2D eigenvalue weighted by atomic mass is 35.5. The quantitative estimate of drug-likeness (QED) is 0.870. The van der Waals surface area contributed by atoms with Gasteiger partial charge in [-0.05, 0) is 17.7 Å². The van der Waals surface area contributed by atoms with Crippen LogP contribution in [0.4, 0.5) is 11.8 Å². The Balaban J connectivity index is 2.17. The van der Waals surface area contributed by atoms with Gasteiger partial charge in [0.1, 0.15) is 16.7 Å². The summed E-state index contributed by atoms with van der Waals surface area (Å²) in [5.74, 6) is 1.67. The van der Waals surface area contributed by atoms with E-state index in [0.717, 1.165) is 11.3 Å². The Morgan fingerprint density at radius 2 is 2.11 bits per heavy atom. The van der Waals surface area contributed by atoms with Crippen LogP contribution in [0, 0.1) is 0 Å². The zero-order valence-corrected chi connectivity index (χ0v) is 11.6. The predicted octanol–water partition coefficient (Wildman–Crippen LogP) is 2.36. The van der Waals surface area contributed by atoms with Crippen molar-refractivity contribution in [3.05, 3.63) is 41.0 Å². The molecular formula is C13H15ClN4O. The number of methoxy groups -OCH3 is 1. The summed E-state index contributed by atoms with van der Waals surface area (Å²) in [7, 11) is 3.56. The lowest BCUT2D eigenvalue weighted by Crippen LogP contribution is -2.18. The van der Waals surface area contributed by atoms with E-state index >= 15 is 0 Å². The predicted molar refractivity (Wildman–Crippen MR) is 76.6 cm³/mol. The first-order valence-corrected chi connectivity index (χ1v) is 6.10. The van der Waals surface area contributed by atoms with Gasteiger partial charge in [-0.25, -0.2) is 4.98 Å². The molecule has 0 fully saturated rings. The molecule has 2 N–H and O–H groups in total. The van der Waals surface area contributed by atoms with Crippen LogP contribution in [-0.4, -0.2) is 24.1 Å². The van der Waals surface area contributed by atoms with Crippen molar-refractivity contribution >= 4 is 23.4 Å². The third-order valence-corrected chi connectivity index (χ3v) is 2.84. The minimum atomic E-state index is 0.167. The highest BCUT2D eigenvalue weighted by Gasteiger charge is 2.07. The number of hydrogen-bond donors (Lipinski definition) is 1. The van der Waals surface area contributed by atoms with Gasteiger partial charge in [0, 0.05) is 19.7 Å². The van der Waals surface area contributed by atoms with Gasteiger partial charge in [0.25, 0.3) is 0 Å². The van der Waals surface area contributed by atoms with Gasteiger partial charge in [-0.15, -0.1) is 0 Å². The number of anilines is 2. The first kappa shape index (κ1) is 13.4. The van der Waals surface area contributed by atoms with Crippen LogP contribution in [0.1, 0.15) is 5.56 Å². The van der Waals surface area contributed by atoms with Crippen molar-refractivity contribution in [3.63, 3.8) is 0 Å². The number of rotatable bonds is 4. The molecule has 5 nitrogen and oxygen atoms in total. The number of benzene rings is 1. The zero-order valence-electron chi connectivity index (χ0n) is 10.8. The van der Waals surface area contributed by atoms with Crippen molar-refractivity contribution in [2.24, 2.45) is 0 Å². The molecule has 19 heavy (non-hydrogen) atoms. The summed E-state index contributed by atoms with van der Waals surface area (Å²) in [4.78, 5) is 9.93. The van der Waals surface area contributed by atoms with Crippen molar-refractivity contribution < 1.29 is 4.74 Å². The molecule has 0 aliphatic heterocycles. The molecule has 2 rings (SSSR count). The van der Waals surface area contributed by atoms with Crippen LogP contribution >= 0.6 is 11.6 Å². The Bertz CT molecular complexity index is 556. The van der Waals surface area contributed by atoms with E-state index in [-0.39, 0.29) is 5.95 Å². The summed E-state index contributed by atoms with van der Waals surface area (Å²) in [6.45, 7) is 0.671. The molecule has 0 saturated carbocycles. The van der Waals surface area contributed by atoms with E-state index in [2.05, 4.69) is 9.97 Å². The maximum atomic E-state index is 5.87. The van der Waals surface area contributed by atoms with Crippen molar-refractivity contribution in [1.29, 1.82) is 0 Å². The number of aromatic nitrogens is 2. The standard InChI is InChI=1S/C13H15ClN4O/c1-18(12-7-11(14)16-13(15)17-12)8-9-4-3-5-10(6-9)19-2/h3-7H,8H2,1-2H3,(H2,15,16,17). The smallest absolute Gasteiger partial charge is 0.223 e. The highest BCUT2D eigenvalue weighted by molar-refractivity contribution is 6.29. The molecule has 0 aliphatic rings. The van der Waals surface area contributed by atoms with Crippen molar-refractivity contribution in [3.8, 4) is 5.75 Å². The molecule has 0 spiro atoms. The molecule has 0 saturated heterocycles. The maximum absolute atomic E-state index is 5.87. The number of halogens is 1. The normalized spacial score (nSPS) is 10.3. The molecule has 0 unspecified atom stereocenters. The molecule has 0 bridgehead atoms. The average Bonchev–Trinajstić information content (AvgIpc) is 2.37. The molecule has 0 atom stereocenters. The van der Waals surface area contributed by atoms with Gasteiger partial charge in [0.2, 0.25) is 5.95 Å². The van der Waals surface area contributed by atoms with E-state index in [0.29, 0.717) is 17.5 Å². The second-order valence-corrected chi connectivity index (χ2v) is 4.50. The SMILES string of the molecule is COc1cccc(CN(C)c2cc(Cl)nc(N)n2)c1. The third-order valence-electron chi connectivity index (χ3n) is 2.64. The van der Waals surface area contributed by atoms with E-state index in [1.165, 1.54) is 0 Å². The van der Waals surface area contributed by atoms with Gasteiger partial charge in [0.05, 0.1) is 7.11 Å². The molecule has 1 aromatic heterocycles. The van der Waals surface area contributed by atoms with Crippen LogP contribution in [0.15, 0.2) is 30.3 Å². The van der Waals surface area contributed by atoms with Crippen LogP contribution in [0.3, 0.4) is 0 Å². The number of ether oxygens (including phenoxy) is 1. The monoisotopic (exact) mass is 278 g/mol. The lowest BCUT2D eigenvalue weighted by molar-refractivity contribution is 0.414. The lowest BCUT2D eigenvalue weighted by Gasteiger charge is -2.18. The summed E-state index contributed by atoms with van der Waals surface area (Å²) in [6.07, 6.45) is 0. The third kappa shape index (κ3) is 3.48. The van der Waals surface area contributed by atoms with Crippen molar-refractivity contribution in [2.45, 2.75) is 6.54 Å². The van der Waals surface area contributed by atoms with Crippen LogP contribution in [-0.2, 0) is 6.54 Å². The Kier molecular flexibility index (Phi) is 4.06.